The van der Waals surface area contributed by atoms with Crippen molar-refractivity contribution < 1.29 is 14.3 Å². The SMILES string of the molecule is CCCCC(=O)Nc1ccccc1C(=O)OCc1cc(=O)n2nc(CCC)sc2n1. The van der Waals surface area contributed by atoms with Gasteiger partial charge in [-0.1, -0.05) is 43.7 Å². The lowest BCUT2D eigenvalue weighted by molar-refractivity contribution is -0.116. The molecular formula is C21H24N4O4S. The first kappa shape index (κ1) is 21.6. The van der Waals surface area contributed by atoms with Crippen LogP contribution in [0, 0.1) is 0 Å². The molecule has 2 heterocycles. The van der Waals surface area contributed by atoms with E-state index < -0.39 is 5.97 Å². The molecule has 0 fully saturated rings. The molecule has 0 bridgehead atoms. The van der Waals surface area contributed by atoms with Gasteiger partial charge in [-0.05, 0) is 25.0 Å². The molecule has 0 unspecified atom stereocenters. The predicted molar refractivity (Wildman–Crippen MR) is 115 cm³/mol. The molecule has 0 spiro atoms. The van der Waals surface area contributed by atoms with Gasteiger partial charge < -0.3 is 10.1 Å². The fourth-order valence-electron chi connectivity index (χ4n) is 2.82. The number of anilines is 1. The zero-order valence-corrected chi connectivity index (χ0v) is 17.8. The molecule has 158 valence electrons. The van der Waals surface area contributed by atoms with E-state index in [1.165, 1.54) is 21.9 Å². The first-order chi connectivity index (χ1) is 14.5. The van der Waals surface area contributed by atoms with Gasteiger partial charge in [-0.15, -0.1) is 0 Å². The van der Waals surface area contributed by atoms with Gasteiger partial charge in [0.2, 0.25) is 10.9 Å². The van der Waals surface area contributed by atoms with Crippen LogP contribution in [0.2, 0.25) is 0 Å². The molecule has 3 rings (SSSR count). The number of aromatic nitrogens is 3. The lowest BCUT2D eigenvalue weighted by Crippen LogP contribution is -2.18. The van der Waals surface area contributed by atoms with Crippen LogP contribution >= 0.6 is 11.3 Å². The van der Waals surface area contributed by atoms with Gasteiger partial charge in [-0.2, -0.15) is 9.61 Å². The summed E-state index contributed by atoms with van der Waals surface area (Å²) in [5, 5.41) is 7.85. The molecule has 0 saturated carbocycles. The van der Waals surface area contributed by atoms with Crippen molar-refractivity contribution in [3.8, 4) is 0 Å². The van der Waals surface area contributed by atoms with Crippen LogP contribution < -0.4 is 10.9 Å². The van der Waals surface area contributed by atoms with Gasteiger partial charge in [0.05, 0.1) is 16.9 Å². The first-order valence-electron chi connectivity index (χ1n) is 9.96. The lowest BCUT2D eigenvalue weighted by Gasteiger charge is -2.10. The molecular weight excluding hydrogens is 404 g/mol. The van der Waals surface area contributed by atoms with Crippen molar-refractivity contribution in [3.05, 3.63) is 57.0 Å². The number of esters is 1. The number of amides is 1. The maximum atomic E-state index is 12.6. The number of carbonyl (C=O) groups is 2. The topological polar surface area (TPSA) is 103 Å². The number of nitrogens with one attached hydrogen (secondary N) is 1. The van der Waals surface area contributed by atoms with Crippen LogP contribution in [0.4, 0.5) is 5.69 Å². The average molecular weight is 429 g/mol. The number of rotatable bonds is 9. The summed E-state index contributed by atoms with van der Waals surface area (Å²) >= 11 is 1.35. The summed E-state index contributed by atoms with van der Waals surface area (Å²) in [5.74, 6) is -0.746. The largest absolute Gasteiger partial charge is 0.456 e. The highest BCUT2D eigenvalue weighted by atomic mass is 32.1. The van der Waals surface area contributed by atoms with Crippen LogP contribution in [0.3, 0.4) is 0 Å². The number of hydrogen-bond acceptors (Lipinski definition) is 7. The fourth-order valence-corrected chi connectivity index (χ4v) is 3.84. The Hall–Kier alpha value is -3.07. The molecule has 1 N–H and O–H groups in total. The van der Waals surface area contributed by atoms with Crippen LogP contribution in [-0.2, 0) is 22.6 Å². The normalized spacial score (nSPS) is 10.9. The lowest BCUT2D eigenvalue weighted by atomic mass is 10.1. The fraction of sp³-hybridized carbons (Fsp3) is 0.381. The van der Waals surface area contributed by atoms with E-state index in [0.29, 0.717) is 22.8 Å². The van der Waals surface area contributed by atoms with Gasteiger partial charge in [0.1, 0.15) is 11.6 Å². The Bertz CT molecular complexity index is 1110. The van der Waals surface area contributed by atoms with E-state index in [1.807, 2.05) is 13.8 Å². The highest BCUT2D eigenvalue weighted by Crippen LogP contribution is 2.18. The van der Waals surface area contributed by atoms with Crippen molar-refractivity contribution >= 4 is 33.9 Å². The Morgan fingerprint density at radius 3 is 2.77 bits per heavy atom. The monoisotopic (exact) mass is 428 g/mol. The van der Waals surface area contributed by atoms with E-state index in [1.54, 1.807) is 24.3 Å². The van der Waals surface area contributed by atoms with E-state index in [4.69, 9.17) is 4.74 Å². The molecule has 0 atom stereocenters. The number of para-hydroxylation sites is 1. The second-order valence-corrected chi connectivity index (χ2v) is 7.84. The van der Waals surface area contributed by atoms with Gasteiger partial charge >= 0.3 is 5.97 Å². The molecule has 0 aliphatic carbocycles. The van der Waals surface area contributed by atoms with Crippen LogP contribution in [-0.4, -0.2) is 26.5 Å². The van der Waals surface area contributed by atoms with Gasteiger partial charge in [-0.25, -0.2) is 9.78 Å². The molecule has 3 aromatic rings. The van der Waals surface area contributed by atoms with Gasteiger partial charge in [0, 0.05) is 18.9 Å². The summed E-state index contributed by atoms with van der Waals surface area (Å²) < 4.78 is 6.63. The third-order valence-corrected chi connectivity index (χ3v) is 5.30. The van der Waals surface area contributed by atoms with Crippen molar-refractivity contribution in [1.82, 2.24) is 14.6 Å². The second-order valence-electron chi connectivity index (χ2n) is 6.80. The van der Waals surface area contributed by atoms with Gasteiger partial charge in [0.15, 0.2) is 0 Å². The van der Waals surface area contributed by atoms with Crippen LogP contribution in [0.1, 0.15) is 60.6 Å². The number of nitrogens with zero attached hydrogens (tertiary/aromatic N) is 3. The maximum absolute atomic E-state index is 12.6. The molecule has 0 radical (unpaired) electrons. The molecule has 0 aliphatic rings. The Labute approximate surface area is 177 Å². The standard InChI is InChI=1S/C21H24N4O4S/c1-3-5-11-17(26)23-16-10-7-6-9-15(16)20(28)29-13-14-12-19(27)25-21(22-14)30-18(24-25)8-4-2/h6-7,9-10,12H,3-5,8,11,13H2,1-2H3,(H,23,26). The summed E-state index contributed by atoms with van der Waals surface area (Å²) in [6, 6.07) is 7.99. The molecule has 1 amide bonds. The predicted octanol–water partition coefficient (Wildman–Crippen LogP) is 3.59. The maximum Gasteiger partial charge on any atom is 0.340 e. The molecule has 0 saturated heterocycles. The van der Waals surface area contributed by atoms with Crippen molar-refractivity contribution in [3.63, 3.8) is 0 Å². The van der Waals surface area contributed by atoms with Crippen LogP contribution in [0.5, 0.6) is 0 Å². The Kier molecular flexibility index (Phi) is 7.29. The van der Waals surface area contributed by atoms with E-state index >= 15 is 0 Å². The molecule has 8 nitrogen and oxygen atoms in total. The third-order valence-electron chi connectivity index (χ3n) is 4.33. The average Bonchev–Trinajstić information content (AvgIpc) is 3.14. The number of fused-ring (bicyclic) bond motifs is 1. The summed E-state index contributed by atoms with van der Waals surface area (Å²) in [6.07, 6.45) is 3.78. The van der Waals surface area contributed by atoms with Crippen molar-refractivity contribution in [2.75, 3.05) is 5.32 Å². The molecule has 0 aliphatic heterocycles. The van der Waals surface area contributed by atoms with E-state index in [-0.39, 0.29) is 23.6 Å². The minimum Gasteiger partial charge on any atom is -0.456 e. The number of ether oxygens (including phenoxy) is 1. The quantitative estimate of drug-likeness (QED) is 0.523. The van der Waals surface area contributed by atoms with E-state index in [9.17, 15) is 14.4 Å². The van der Waals surface area contributed by atoms with Crippen molar-refractivity contribution in [1.29, 1.82) is 0 Å². The summed E-state index contributed by atoms with van der Waals surface area (Å²) in [4.78, 5) is 41.7. The molecule has 9 heteroatoms. The zero-order valence-electron chi connectivity index (χ0n) is 17.0. The second kappa shape index (κ2) is 10.1. The van der Waals surface area contributed by atoms with E-state index in [2.05, 4.69) is 15.4 Å². The minimum absolute atomic E-state index is 0.148. The summed E-state index contributed by atoms with van der Waals surface area (Å²) in [7, 11) is 0. The summed E-state index contributed by atoms with van der Waals surface area (Å²) in [6.45, 7) is 3.90. The Balaban J connectivity index is 1.71. The van der Waals surface area contributed by atoms with E-state index in [0.717, 1.165) is 30.7 Å². The summed E-state index contributed by atoms with van der Waals surface area (Å²) in [5.41, 5.74) is 0.694. The van der Waals surface area contributed by atoms with Crippen molar-refractivity contribution in [2.45, 2.75) is 52.6 Å². The van der Waals surface area contributed by atoms with Crippen LogP contribution in [0.25, 0.3) is 4.96 Å². The first-order valence-corrected chi connectivity index (χ1v) is 10.8. The number of unbranched alkanes of at least 4 members (excludes halogenated alkanes) is 1. The molecule has 30 heavy (non-hydrogen) atoms. The highest BCUT2D eigenvalue weighted by molar-refractivity contribution is 7.16. The smallest absolute Gasteiger partial charge is 0.340 e. The highest BCUT2D eigenvalue weighted by Gasteiger charge is 2.16. The molecule has 1 aromatic carbocycles. The number of aryl methyl sites for hydroxylation is 1. The van der Waals surface area contributed by atoms with Gasteiger partial charge in [-0.3, -0.25) is 9.59 Å². The molecule has 2 aromatic heterocycles. The van der Waals surface area contributed by atoms with Crippen LogP contribution in [0.15, 0.2) is 35.1 Å². The Morgan fingerprint density at radius 1 is 1.20 bits per heavy atom. The third kappa shape index (κ3) is 5.29. The zero-order chi connectivity index (χ0) is 21.5. The number of carbonyl (C=O) groups excluding carboxylic acids is 2. The van der Waals surface area contributed by atoms with Crippen molar-refractivity contribution in [2.24, 2.45) is 0 Å². The minimum atomic E-state index is -0.598. The van der Waals surface area contributed by atoms with Gasteiger partial charge in [0.25, 0.3) is 5.56 Å². The Morgan fingerprint density at radius 2 is 2.00 bits per heavy atom. The number of benzene rings is 1. The number of hydrogen-bond donors (Lipinski definition) is 1.